The molecule has 0 aromatic heterocycles. The lowest BCUT2D eigenvalue weighted by atomic mass is 10.1. The van der Waals surface area contributed by atoms with Crippen LogP contribution in [-0.2, 0) is 28.8 Å². The normalized spacial score (nSPS) is 13.6. The molecule has 1 heterocycles. The monoisotopic (exact) mass is 425 g/mol. The summed E-state index contributed by atoms with van der Waals surface area (Å²) in [5, 5.41) is 6.54. The molecule has 0 atom stereocenters. The fourth-order valence-corrected chi connectivity index (χ4v) is 2.71. The van der Waals surface area contributed by atoms with E-state index in [0.717, 1.165) is 24.3 Å². The van der Waals surface area contributed by atoms with Gasteiger partial charge >= 0.3 is 5.97 Å². The van der Waals surface area contributed by atoms with E-state index in [-0.39, 0.29) is 30.1 Å². The molecule has 0 aromatic rings. The van der Waals surface area contributed by atoms with Crippen LogP contribution in [0, 0.1) is 5.92 Å². The maximum Gasteiger partial charge on any atom is 0.333 e. The predicted octanol–water partition coefficient (Wildman–Crippen LogP) is 1.83. The highest BCUT2D eigenvalue weighted by Crippen LogP contribution is 2.21. The number of carbonyl (C=O) groups excluding carboxylic acids is 4. The maximum absolute atomic E-state index is 11.8. The minimum Gasteiger partial charge on any atom is -0.378 e. The molecule has 9 nitrogen and oxygen atoms in total. The minimum atomic E-state index is -0.437. The van der Waals surface area contributed by atoms with Crippen molar-refractivity contribution in [2.24, 2.45) is 5.92 Å². The van der Waals surface area contributed by atoms with E-state index < -0.39 is 5.97 Å². The van der Waals surface area contributed by atoms with Crippen LogP contribution in [0.1, 0.15) is 65.2 Å². The molecular formula is C21H35N3O6. The fourth-order valence-electron chi connectivity index (χ4n) is 2.71. The zero-order valence-electron chi connectivity index (χ0n) is 18.2. The van der Waals surface area contributed by atoms with Gasteiger partial charge in [0.15, 0.2) is 0 Å². The van der Waals surface area contributed by atoms with E-state index in [1.165, 1.54) is 0 Å². The standard InChI is InChI=1S/C21H35N3O6/c1-16(2)21(28)23-13-15-29-14-12-22-18(25)8-6-4-5-7-9-20(27)30-24-17(3)10-11-19(24)26/h16H,3-15H2,1-2H3,(H,22,25)(H,23,28). The Balaban J connectivity index is 1.91. The van der Waals surface area contributed by atoms with Crippen molar-refractivity contribution in [3.05, 3.63) is 12.3 Å². The van der Waals surface area contributed by atoms with Gasteiger partial charge in [0, 0.05) is 38.3 Å². The number of nitrogens with one attached hydrogen (secondary N) is 2. The van der Waals surface area contributed by atoms with E-state index in [2.05, 4.69) is 17.2 Å². The number of ether oxygens (including phenoxy) is 1. The van der Waals surface area contributed by atoms with Crippen molar-refractivity contribution >= 4 is 23.7 Å². The number of carbonyl (C=O) groups is 4. The van der Waals surface area contributed by atoms with E-state index in [1.54, 1.807) is 0 Å². The lowest BCUT2D eigenvalue weighted by molar-refractivity contribution is -0.186. The van der Waals surface area contributed by atoms with Crippen molar-refractivity contribution in [1.82, 2.24) is 15.7 Å². The first-order valence-corrected chi connectivity index (χ1v) is 10.6. The highest BCUT2D eigenvalue weighted by Gasteiger charge is 2.27. The van der Waals surface area contributed by atoms with Crippen molar-refractivity contribution in [3.63, 3.8) is 0 Å². The molecule has 2 N–H and O–H groups in total. The summed E-state index contributed by atoms with van der Waals surface area (Å²) in [6, 6.07) is 0. The van der Waals surface area contributed by atoms with E-state index in [4.69, 9.17) is 9.57 Å². The molecule has 170 valence electrons. The molecular weight excluding hydrogens is 390 g/mol. The second-order valence-electron chi connectivity index (χ2n) is 7.54. The van der Waals surface area contributed by atoms with Gasteiger partial charge < -0.3 is 20.2 Å². The first kappa shape index (κ1) is 25.6. The van der Waals surface area contributed by atoms with Gasteiger partial charge in [-0.25, -0.2) is 4.79 Å². The number of nitrogens with zero attached hydrogens (tertiary/aromatic N) is 1. The lowest BCUT2D eigenvalue weighted by Gasteiger charge is -2.15. The molecule has 0 bridgehead atoms. The summed E-state index contributed by atoms with van der Waals surface area (Å²) in [5.74, 6) is -0.747. The van der Waals surface area contributed by atoms with Crippen LogP contribution in [0.2, 0.25) is 0 Å². The van der Waals surface area contributed by atoms with Crippen molar-refractivity contribution in [2.45, 2.75) is 65.2 Å². The average Bonchev–Trinajstić information content (AvgIpc) is 3.01. The largest absolute Gasteiger partial charge is 0.378 e. The van der Waals surface area contributed by atoms with Crippen LogP contribution in [0.5, 0.6) is 0 Å². The molecule has 1 rings (SSSR count). The Morgan fingerprint density at radius 2 is 1.63 bits per heavy atom. The van der Waals surface area contributed by atoms with Crippen molar-refractivity contribution < 1.29 is 28.8 Å². The molecule has 1 fully saturated rings. The summed E-state index contributed by atoms with van der Waals surface area (Å²) in [6.07, 6.45) is 4.55. The summed E-state index contributed by atoms with van der Waals surface area (Å²) >= 11 is 0. The smallest absolute Gasteiger partial charge is 0.333 e. The highest BCUT2D eigenvalue weighted by atomic mass is 16.7. The van der Waals surface area contributed by atoms with Crippen LogP contribution in [0.15, 0.2) is 12.3 Å². The lowest BCUT2D eigenvalue weighted by Crippen LogP contribution is -2.32. The number of hydrogen-bond acceptors (Lipinski definition) is 6. The second kappa shape index (κ2) is 14.5. The molecule has 1 saturated heterocycles. The molecule has 30 heavy (non-hydrogen) atoms. The minimum absolute atomic E-state index is 0.00334. The molecule has 0 aromatic carbocycles. The number of unbranched alkanes of at least 4 members (excludes halogenated alkanes) is 3. The van der Waals surface area contributed by atoms with Gasteiger partial charge in [-0.2, -0.15) is 0 Å². The molecule has 1 aliphatic heterocycles. The van der Waals surface area contributed by atoms with Crippen LogP contribution >= 0.6 is 0 Å². The Morgan fingerprint density at radius 1 is 1.00 bits per heavy atom. The highest BCUT2D eigenvalue weighted by molar-refractivity contribution is 5.82. The number of rotatable bonds is 15. The first-order chi connectivity index (χ1) is 14.3. The SMILES string of the molecule is C=C1CCC(=O)N1OC(=O)CCCCCCC(=O)NCCOCCNC(=O)C(C)C. The molecule has 1 aliphatic rings. The topological polar surface area (TPSA) is 114 Å². The maximum atomic E-state index is 11.8. The van der Waals surface area contributed by atoms with Crippen molar-refractivity contribution in [3.8, 4) is 0 Å². The van der Waals surface area contributed by atoms with Crippen LogP contribution < -0.4 is 10.6 Å². The van der Waals surface area contributed by atoms with E-state index in [1.807, 2.05) is 13.8 Å². The van der Waals surface area contributed by atoms with Crippen molar-refractivity contribution in [1.29, 1.82) is 0 Å². The summed E-state index contributed by atoms with van der Waals surface area (Å²) in [4.78, 5) is 51.4. The van der Waals surface area contributed by atoms with Crippen LogP contribution in [0.4, 0.5) is 0 Å². The Kier molecular flexibility index (Phi) is 12.4. The Bertz CT molecular complexity index is 590. The zero-order valence-corrected chi connectivity index (χ0v) is 18.2. The molecule has 9 heteroatoms. The molecule has 3 amide bonds. The summed E-state index contributed by atoms with van der Waals surface area (Å²) in [7, 11) is 0. The number of allylic oxidation sites excluding steroid dienone is 1. The van der Waals surface area contributed by atoms with Gasteiger partial charge in [-0.05, 0) is 19.3 Å². The van der Waals surface area contributed by atoms with E-state index in [0.29, 0.717) is 57.7 Å². The van der Waals surface area contributed by atoms with E-state index >= 15 is 0 Å². The second-order valence-corrected chi connectivity index (χ2v) is 7.54. The molecule has 0 saturated carbocycles. The number of hydroxylamine groups is 2. The Hall–Kier alpha value is -2.42. The Labute approximate surface area is 178 Å². The van der Waals surface area contributed by atoms with Crippen LogP contribution in [0.25, 0.3) is 0 Å². The van der Waals surface area contributed by atoms with Crippen molar-refractivity contribution in [2.75, 3.05) is 26.3 Å². The average molecular weight is 426 g/mol. The third-order valence-electron chi connectivity index (χ3n) is 4.51. The van der Waals surface area contributed by atoms with E-state index in [9.17, 15) is 19.2 Å². The molecule has 0 radical (unpaired) electrons. The quantitative estimate of drug-likeness (QED) is 0.387. The predicted molar refractivity (Wildman–Crippen MR) is 111 cm³/mol. The third-order valence-corrected chi connectivity index (χ3v) is 4.51. The first-order valence-electron chi connectivity index (χ1n) is 10.6. The number of amides is 3. The van der Waals surface area contributed by atoms with Gasteiger partial charge in [0.05, 0.1) is 18.9 Å². The van der Waals surface area contributed by atoms with Gasteiger partial charge in [0.1, 0.15) is 0 Å². The molecule has 0 spiro atoms. The number of hydrogen-bond donors (Lipinski definition) is 2. The Morgan fingerprint density at radius 3 is 2.23 bits per heavy atom. The fraction of sp³-hybridized carbons (Fsp3) is 0.714. The third kappa shape index (κ3) is 10.9. The summed E-state index contributed by atoms with van der Waals surface area (Å²) in [6.45, 7) is 9.06. The molecule has 0 unspecified atom stereocenters. The van der Waals surface area contributed by atoms with Gasteiger partial charge in [0.2, 0.25) is 11.8 Å². The van der Waals surface area contributed by atoms with Crippen LogP contribution in [0.3, 0.4) is 0 Å². The van der Waals surface area contributed by atoms with Gasteiger partial charge in [0.25, 0.3) is 5.91 Å². The molecule has 0 aliphatic carbocycles. The van der Waals surface area contributed by atoms with Crippen LogP contribution in [-0.4, -0.2) is 55.1 Å². The van der Waals surface area contributed by atoms with Gasteiger partial charge in [-0.15, -0.1) is 5.06 Å². The van der Waals surface area contributed by atoms with Gasteiger partial charge in [-0.1, -0.05) is 33.3 Å². The zero-order chi connectivity index (χ0) is 22.4. The summed E-state index contributed by atoms with van der Waals surface area (Å²) < 4.78 is 5.35. The van der Waals surface area contributed by atoms with Gasteiger partial charge in [-0.3, -0.25) is 14.4 Å². The summed E-state index contributed by atoms with van der Waals surface area (Å²) in [5.41, 5.74) is 0.516.